The number of hydrogen-bond donors (Lipinski definition) is 2. The molecule has 23 heavy (non-hydrogen) atoms. The molecule has 1 aliphatic rings. The molecule has 0 radical (unpaired) electrons. The van der Waals surface area contributed by atoms with E-state index in [-0.39, 0.29) is 5.91 Å². The normalized spacial score (nSPS) is 15.4. The number of anilines is 2. The molecule has 0 aromatic heterocycles. The smallest absolute Gasteiger partial charge is 0.229 e. The molecular formula is C16H24N2O4S. The first kappa shape index (κ1) is 17.6. The van der Waals surface area contributed by atoms with Gasteiger partial charge in [0.05, 0.1) is 19.1 Å². The molecule has 1 saturated carbocycles. The first-order valence-corrected chi connectivity index (χ1v) is 9.72. The van der Waals surface area contributed by atoms with Crippen molar-refractivity contribution >= 4 is 27.3 Å². The lowest BCUT2D eigenvalue weighted by atomic mass is 10.0. The molecule has 1 aromatic carbocycles. The molecule has 7 heteroatoms. The van der Waals surface area contributed by atoms with Crippen LogP contribution in [0.25, 0.3) is 0 Å². The lowest BCUT2D eigenvalue weighted by molar-refractivity contribution is -0.116. The van der Waals surface area contributed by atoms with Gasteiger partial charge in [0.15, 0.2) is 0 Å². The fraction of sp³-hybridized carbons (Fsp3) is 0.562. The predicted molar refractivity (Wildman–Crippen MR) is 91.3 cm³/mol. The highest BCUT2D eigenvalue weighted by Crippen LogP contribution is 2.30. The van der Waals surface area contributed by atoms with Gasteiger partial charge in [-0.15, -0.1) is 0 Å². The molecule has 2 rings (SSSR count). The third-order valence-electron chi connectivity index (χ3n) is 4.03. The quantitative estimate of drug-likeness (QED) is 0.799. The second-order valence-electron chi connectivity index (χ2n) is 6.03. The summed E-state index contributed by atoms with van der Waals surface area (Å²) in [5.74, 6) is 1.02. The monoisotopic (exact) mass is 340 g/mol. The highest BCUT2D eigenvalue weighted by atomic mass is 32.2. The lowest BCUT2D eigenvalue weighted by Gasteiger charge is -2.13. The zero-order valence-electron chi connectivity index (χ0n) is 13.6. The van der Waals surface area contributed by atoms with Crippen LogP contribution in [0.15, 0.2) is 18.2 Å². The summed E-state index contributed by atoms with van der Waals surface area (Å²) in [4.78, 5) is 12.0. The van der Waals surface area contributed by atoms with Crippen LogP contribution in [0.5, 0.6) is 5.75 Å². The fourth-order valence-electron chi connectivity index (χ4n) is 2.92. The van der Waals surface area contributed by atoms with Gasteiger partial charge in [-0.3, -0.25) is 9.52 Å². The minimum absolute atomic E-state index is 0.0487. The zero-order chi connectivity index (χ0) is 16.9. The van der Waals surface area contributed by atoms with Crippen LogP contribution in [-0.4, -0.2) is 27.7 Å². The molecule has 0 aliphatic heterocycles. The SMILES string of the molecule is COc1ccc(NC(=O)CCC2CCCC2)cc1NS(C)(=O)=O. The first-order valence-electron chi connectivity index (χ1n) is 7.83. The molecule has 0 bridgehead atoms. The van der Waals surface area contributed by atoms with Crippen molar-refractivity contribution < 1.29 is 17.9 Å². The van der Waals surface area contributed by atoms with Crippen molar-refractivity contribution in [1.29, 1.82) is 0 Å². The molecule has 2 N–H and O–H groups in total. The van der Waals surface area contributed by atoms with Gasteiger partial charge in [0.1, 0.15) is 5.75 Å². The van der Waals surface area contributed by atoms with E-state index in [0.29, 0.717) is 29.5 Å². The number of amides is 1. The van der Waals surface area contributed by atoms with Crippen LogP contribution in [0, 0.1) is 5.92 Å². The van der Waals surface area contributed by atoms with Crippen LogP contribution in [0.4, 0.5) is 11.4 Å². The summed E-state index contributed by atoms with van der Waals surface area (Å²) in [5, 5.41) is 2.81. The van der Waals surface area contributed by atoms with Crippen molar-refractivity contribution in [2.75, 3.05) is 23.4 Å². The molecular weight excluding hydrogens is 316 g/mol. The number of methoxy groups -OCH3 is 1. The van der Waals surface area contributed by atoms with E-state index in [1.165, 1.54) is 32.8 Å². The summed E-state index contributed by atoms with van der Waals surface area (Å²) in [5.41, 5.74) is 0.858. The summed E-state index contributed by atoms with van der Waals surface area (Å²) in [6.07, 6.45) is 7.45. The maximum Gasteiger partial charge on any atom is 0.229 e. The summed E-state index contributed by atoms with van der Waals surface area (Å²) in [6.45, 7) is 0. The third kappa shape index (κ3) is 5.74. The van der Waals surface area contributed by atoms with Crippen LogP contribution < -0.4 is 14.8 Å². The van der Waals surface area contributed by atoms with Gasteiger partial charge < -0.3 is 10.1 Å². The minimum Gasteiger partial charge on any atom is -0.495 e. The number of carbonyl (C=O) groups is 1. The molecule has 1 amide bonds. The largest absolute Gasteiger partial charge is 0.495 e. The molecule has 0 unspecified atom stereocenters. The standard InChI is InChI=1S/C16H24N2O4S/c1-22-15-9-8-13(11-14(15)18-23(2,20)21)17-16(19)10-7-12-5-3-4-6-12/h8-9,11-12,18H,3-7,10H2,1-2H3,(H,17,19). The van der Waals surface area contributed by atoms with Gasteiger partial charge in [0, 0.05) is 12.1 Å². The van der Waals surface area contributed by atoms with Crippen LogP contribution in [0.2, 0.25) is 0 Å². The Morgan fingerprint density at radius 3 is 2.61 bits per heavy atom. The zero-order valence-corrected chi connectivity index (χ0v) is 14.4. The number of ether oxygens (including phenoxy) is 1. The van der Waals surface area contributed by atoms with Crippen LogP contribution in [0.3, 0.4) is 0 Å². The van der Waals surface area contributed by atoms with Crippen molar-refractivity contribution in [3.63, 3.8) is 0 Å². The van der Waals surface area contributed by atoms with E-state index in [0.717, 1.165) is 12.7 Å². The third-order valence-corrected chi connectivity index (χ3v) is 4.62. The van der Waals surface area contributed by atoms with E-state index in [9.17, 15) is 13.2 Å². The van der Waals surface area contributed by atoms with E-state index < -0.39 is 10.0 Å². The molecule has 0 heterocycles. The molecule has 128 valence electrons. The Labute approximate surface area is 137 Å². The van der Waals surface area contributed by atoms with Crippen molar-refractivity contribution in [3.05, 3.63) is 18.2 Å². The average Bonchev–Trinajstić information content (AvgIpc) is 2.97. The van der Waals surface area contributed by atoms with Gasteiger partial charge in [-0.1, -0.05) is 25.7 Å². The van der Waals surface area contributed by atoms with Crippen molar-refractivity contribution in [3.8, 4) is 5.75 Å². The number of carbonyl (C=O) groups excluding carboxylic acids is 1. The van der Waals surface area contributed by atoms with E-state index in [1.54, 1.807) is 18.2 Å². The maximum absolute atomic E-state index is 12.0. The van der Waals surface area contributed by atoms with Crippen LogP contribution >= 0.6 is 0 Å². The Morgan fingerprint density at radius 1 is 1.30 bits per heavy atom. The summed E-state index contributed by atoms with van der Waals surface area (Å²) < 4.78 is 30.3. The number of benzene rings is 1. The Morgan fingerprint density at radius 2 is 2.00 bits per heavy atom. The summed E-state index contributed by atoms with van der Waals surface area (Å²) >= 11 is 0. The van der Waals surface area contributed by atoms with Gasteiger partial charge in [-0.25, -0.2) is 8.42 Å². The summed E-state index contributed by atoms with van der Waals surface area (Å²) in [6, 6.07) is 4.88. The summed E-state index contributed by atoms with van der Waals surface area (Å²) in [7, 11) is -1.96. The minimum atomic E-state index is -3.42. The highest BCUT2D eigenvalue weighted by molar-refractivity contribution is 7.92. The Bertz CT molecular complexity index is 652. The number of nitrogens with one attached hydrogen (secondary N) is 2. The number of hydrogen-bond acceptors (Lipinski definition) is 4. The van der Waals surface area contributed by atoms with Crippen molar-refractivity contribution in [2.45, 2.75) is 38.5 Å². The van der Waals surface area contributed by atoms with Gasteiger partial charge in [-0.2, -0.15) is 0 Å². The van der Waals surface area contributed by atoms with Crippen LogP contribution in [-0.2, 0) is 14.8 Å². The topological polar surface area (TPSA) is 84.5 Å². The number of sulfonamides is 1. The van der Waals surface area contributed by atoms with Gasteiger partial charge in [0.25, 0.3) is 0 Å². The average molecular weight is 340 g/mol. The molecule has 6 nitrogen and oxygen atoms in total. The molecule has 0 atom stereocenters. The Balaban J connectivity index is 1.98. The highest BCUT2D eigenvalue weighted by Gasteiger charge is 2.16. The van der Waals surface area contributed by atoms with Crippen LogP contribution in [0.1, 0.15) is 38.5 Å². The Hall–Kier alpha value is -1.76. The molecule has 0 saturated heterocycles. The van der Waals surface area contributed by atoms with E-state index in [1.807, 2.05) is 0 Å². The Kier molecular flexibility index (Phi) is 5.87. The van der Waals surface area contributed by atoms with Gasteiger partial charge in [0.2, 0.25) is 15.9 Å². The fourth-order valence-corrected chi connectivity index (χ4v) is 3.48. The second-order valence-corrected chi connectivity index (χ2v) is 7.78. The van der Waals surface area contributed by atoms with E-state index in [4.69, 9.17) is 4.74 Å². The second kappa shape index (κ2) is 7.68. The lowest BCUT2D eigenvalue weighted by Crippen LogP contribution is -2.14. The van der Waals surface area contributed by atoms with Gasteiger partial charge >= 0.3 is 0 Å². The van der Waals surface area contributed by atoms with E-state index in [2.05, 4.69) is 10.0 Å². The maximum atomic E-state index is 12.0. The number of rotatable bonds is 7. The first-order chi connectivity index (χ1) is 10.9. The predicted octanol–water partition coefficient (Wildman–Crippen LogP) is 2.98. The van der Waals surface area contributed by atoms with E-state index >= 15 is 0 Å². The van der Waals surface area contributed by atoms with Crippen molar-refractivity contribution in [1.82, 2.24) is 0 Å². The van der Waals surface area contributed by atoms with Crippen molar-refractivity contribution in [2.24, 2.45) is 5.92 Å². The molecule has 0 spiro atoms. The molecule has 1 fully saturated rings. The van der Waals surface area contributed by atoms with Gasteiger partial charge in [-0.05, 0) is 30.5 Å². The molecule has 1 aliphatic carbocycles. The molecule has 1 aromatic rings.